The van der Waals surface area contributed by atoms with Crippen molar-refractivity contribution < 1.29 is 4.74 Å². The van der Waals surface area contributed by atoms with E-state index in [-0.39, 0.29) is 0 Å². The number of hydrogen-bond acceptors (Lipinski definition) is 4. The van der Waals surface area contributed by atoms with Crippen LogP contribution in [0.3, 0.4) is 0 Å². The number of ether oxygens (including phenoxy) is 1. The normalized spacial score (nSPS) is 10.2. The van der Waals surface area contributed by atoms with Gasteiger partial charge in [-0.3, -0.25) is 0 Å². The summed E-state index contributed by atoms with van der Waals surface area (Å²) in [4.78, 5) is 8.51. The highest BCUT2D eigenvalue weighted by molar-refractivity contribution is 5.38. The molecule has 4 nitrogen and oxygen atoms in total. The van der Waals surface area contributed by atoms with Crippen LogP contribution in [0.15, 0.2) is 30.3 Å². The van der Waals surface area contributed by atoms with Crippen LogP contribution in [0.25, 0.3) is 0 Å². The first kappa shape index (κ1) is 12.4. The second-order valence-corrected chi connectivity index (χ2v) is 3.98. The minimum Gasteiger partial charge on any atom is -0.439 e. The summed E-state index contributed by atoms with van der Waals surface area (Å²) in [6.45, 7) is 4.02. The topological polar surface area (TPSA) is 47.0 Å². The quantitative estimate of drug-likeness (QED) is 0.895. The van der Waals surface area contributed by atoms with E-state index in [1.807, 2.05) is 31.2 Å². The summed E-state index contributed by atoms with van der Waals surface area (Å²) in [5, 5.41) is 2.92. The SMILES string of the molecule is CCc1ccccc1Oc1cc(C)nc(NC)n1. The summed E-state index contributed by atoms with van der Waals surface area (Å²) < 4.78 is 5.83. The molecule has 0 aliphatic rings. The predicted octanol–water partition coefficient (Wildman–Crippen LogP) is 3.18. The van der Waals surface area contributed by atoms with Crippen LogP contribution < -0.4 is 10.1 Å². The number of hydrogen-bond donors (Lipinski definition) is 1. The number of para-hydroxylation sites is 1. The number of nitrogens with one attached hydrogen (secondary N) is 1. The maximum absolute atomic E-state index is 5.83. The minimum absolute atomic E-state index is 0.563. The summed E-state index contributed by atoms with van der Waals surface area (Å²) in [5.41, 5.74) is 2.04. The molecule has 0 saturated carbocycles. The van der Waals surface area contributed by atoms with Crippen LogP contribution in [0.1, 0.15) is 18.2 Å². The van der Waals surface area contributed by atoms with Crippen LogP contribution in [0, 0.1) is 6.92 Å². The Bertz CT molecular complexity index is 540. The molecule has 18 heavy (non-hydrogen) atoms. The summed E-state index contributed by atoms with van der Waals surface area (Å²) in [6, 6.07) is 9.81. The third-order valence-corrected chi connectivity index (χ3v) is 2.62. The monoisotopic (exact) mass is 243 g/mol. The minimum atomic E-state index is 0.563. The van der Waals surface area contributed by atoms with Gasteiger partial charge in [0.15, 0.2) is 0 Å². The Labute approximate surface area is 107 Å². The molecule has 0 aliphatic carbocycles. The zero-order valence-electron chi connectivity index (χ0n) is 10.9. The zero-order valence-corrected chi connectivity index (χ0v) is 10.9. The van der Waals surface area contributed by atoms with E-state index in [0.717, 1.165) is 17.9 Å². The van der Waals surface area contributed by atoms with E-state index < -0.39 is 0 Å². The molecule has 0 saturated heterocycles. The number of benzene rings is 1. The maximum Gasteiger partial charge on any atom is 0.225 e. The van der Waals surface area contributed by atoms with E-state index in [0.29, 0.717) is 11.8 Å². The van der Waals surface area contributed by atoms with Crippen molar-refractivity contribution in [2.24, 2.45) is 0 Å². The first-order chi connectivity index (χ1) is 8.72. The van der Waals surface area contributed by atoms with E-state index in [1.54, 1.807) is 7.05 Å². The molecule has 0 atom stereocenters. The Morgan fingerprint density at radius 1 is 1.22 bits per heavy atom. The van der Waals surface area contributed by atoms with Gasteiger partial charge < -0.3 is 10.1 Å². The van der Waals surface area contributed by atoms with Gasteiger partial charge in [0.25, 0.3) is 0 Å². The Morgan fingerprint density at radius 3 is 2.72 bits per heavy atom. The molecule has 0 bridgehead atoms. The molecule has 1 heterocycles. The number of anilines is 1. The van der Waals surface area contributed by atoms with Gasteiger partial charge in [0, 0.05) is 18.8 Å². The van der Waals surface area contributed by atoms with Crippen LogP contribution in [0.4, 0.5) is 5.95 Å². The molecule has 1 N–H and O–H groups in total. The molecule has 94 valence electrons. The predicted molar refractivity (Wildman–Crippen MR) is 72.2 cm³/mol. The molecule has 2 rings (SSSR count). The highest BCUT2D eigenvalue weighted by Crippen LogP contribution is 2.25. The van der Waals surface area contributed by atoms with E-state index in [2.05, 4.69) is 28.3 Å². The van der Waals surface area contributed by atoms with Gasteiger partial charge in [0.2, 0.25) is 11.8 Å². The lowest BCUT2D eigenvalue weighted by Gasteiger charge is -2.10. The highest BCUT2D eigenvalue weighted by Gasteiger charge is 2.06. The average molecular weight is 243 g/mol. The van der Waals surface area contributed by atoms with E-state index in [1.165, 1.54) is 5.56 Å². The fourth-order valence-electron chi connectivity index (χ4n) is 1.71. The molecule has 0 aliphatic heterocycles. The van der Waals surface area contributed by atoms with Crippen LogP contribution in [0.5, 0.6) is 11.6 Å². The van der Waals surface area contributed by atoms with E-state index in [9.17, 15) is 0 Å². The number of nitrogens with zero attached hydrogens (tertiary/aromatic N) is 2. The van der Waals surface area contributed by atoms with Gasteiger partial charge in [-0.2, -0.15) is 4.98 Å². The zero-order chi connectivity index (χ0) is 13.0. The standard InChI is InChI=1S/C14H17N3O/c1-4-11-7-5-6-8-12(11)18-13-9-10(2)16-14(15-3)17-13/h5-9H,4H2,1-3H3,(H,15,16,17). The molecule has 4 heteroatoms. The van der Waals surface area contributed by atoms with Crippen LogP contribution in [0.2, 0.25) is 0 Å². The number of aromatic nitrogens is 2. The van der Waals surface area contributed by atoms with Crippen molar-refractivity contribution in [3.05, 3.63) is 41.6 Å². The van der Waals surface area contributed by atoms with Gasteiger partial charge in [-0.1, -0.05) is 25.1 Å². The first-order valence-electron chi connectivity index (χ1n) is 6.02. The molecule has 1 aromatic carbocycles. The number of aryl methyl sites for hydroxylation is 2. The molecule has 2 aromatic rings. The first-order valence-corrected chi connectivity index (χ1v) is 6.02. The van der Waals surface area contributed by atoms with Crippen molar-refractivity contribution in [3.63, 3.8) is 0 Å². The fourth-order valence-corrected chi connectivity index (χ4v) is 1.71. The van der Waals surface area contributed by atoms with Gasteiger partial charge >= 0.3 is 0 Å². The second-order valence-electron chi connectivity index (χ2n) is 3.98. The van der Waals surface area contributed by atoms with Gasteiger partial charge in [-0.25, -0.2) is 4.98 Å². The average Bonchev–Trinajstić information content (AvgIpc) is 2.38. The molecular weight excluding hydrogens is 226 g/mol. The molecule has 1 aromatic heterocycles. The third-order valence-electron chi connectivity index (χ3n) is 2.62. The molecule has 0 radical (unpaired) electrons. The molecule has 0 unspecified atom stereocenters. The molecule has 0 amide bonds. The van der Waals surface area contributed by atoms with Gasteiger partial charge in [-0.15, -0.1) is 0 Å². The highest BCUT2D eigenvalue weighted by atomic mass is 16.5. The smallest absolute Gasteiger partial charge is 0.225 e. The lowest BCUT2D eigenvalue weighted by molar-refractivity contribution is 0.456. The summed E-state index contributed by atoms with van der Waals surface area (Å²) >= 11 is 0. The summed E-state index contributed by atoms with van der Waals surface area (Å²) in [7, 11) is 1.79. The lowest BCUT2D eigenvalue weighted by Crippen LogP contribution is -2.00. The second kappa shape index (κ2) is 5.49. The van der Waals surface area contributed by atoms with Crippen molar-refractivity contribution in [1.82, 2.24) is 9.97 Å². The van der Waals surface area contributed by atoms with Crippen molar-refractivity contribution in [1.29, 1.82) is 0 Å². The van der Waals surface area contributed by atoms with Crippen molar-refractivity contribution in [2.45, 2.75) is 20.3 Å². The largest absolute Gasteiger partial charge is 0.439 e. The van der Waals surface area contributed by atoms with Crippen molar-refractivity contribution in [3.8, 4) is 11.6 Å². The Kier molecular flexibility index (Phi) is 3.77. The van der Waals surface area contributed by atoms with Crippen LogP contribution in [-0.2, 0) is 6.42 Å². The van der Waals surface area contributed by atoms with Crippen molar-refractivity contribution >= 4 is 5.95 Å². The molecule has 0 spiro atoms. The van der Waals surface area contributed by atoms with Crippen molar-refractivity contribution in [2.75, 3.05) is 12.4 Å². The molecule has 0 fully saturated rings. The maximum atomic E-state index is 5.83. The van der Waals surface area contributed by atoms with Gasteiger partial charge in [-0.05, 0) is 25.0 Å². The molecular formula is C14H17N3O. The van der Waals surface area contributed by atoms with E-state index >= 15 is 0 Å². The fraction of sp³-hybridized carbons (Fsp3) is 0.286. The Morgan fingerprint density at radius 2 is 2.00 bits per heavy atom. The Balaban J connectivity index is 2.30. The van der Waals surface area contributed by atoms with Gasteiger partial charge in [0.05, 0.1) is 0 Å². The number of rotatable bonds is 4. The summed E-state index contributed by atoms with van der Waals surface area (Å²) in [6.07, 6.45) is 0.930. The third kappa shape index (κ3) is 2.77. The van der Waals surface area contributed by atoms with Crippen LogP contribution in [-0.4, -0.2) is 17.0 Å². The lowest BCUT2D eigenvalue weighted by atomic mass is 10.1. The summed E-state index contributed by atoms with van der Waals surface area (Å²) in [5.74, 6) is 1.98. The van der Waals surface area contributed by atoms with E-state index in [4.69, 9.17) is 4.74 Å². The van der Waals surface area contributed by atoms with Gasteiger partial charge in [0.1, 0.15) is 5.75 Å². The van der Waals surface area contributed by atoms with Crippen LogP contribution >= 0.6 is 0 Å². The Hall–Kier alpha value is -2.10.